The van der Waals surface area contributed by atoms with Crippen LogP contribution in [0, 0.1) is 0 Å². The minimum absolute atomic E-state index is 0.0547. The van der Waals surface area contributed by atoms with Crippen molar-refractivity contribution in [2.24, 2.45) is 0 Å². The van der Waals surface area contributed by atoms with Gasteiger partial charge in [-0.05, 0) is 30.3 Å². The van der Waals surface area contributed by atoms with Gasteiger partial charge >= 0.3 is 0 Å². The van der Waals surface area contributed by atoms with Gasteiger partial charge in [-0.25, -0.2) is 4.98 Å². The van der Waals surface area contributed by atoms with Crippen LogP contribution in [0.5, 0.6) is 0 Å². The number of rotatable bonds is 7. The van der Waals surface area contributed by atoms with Crippen LogP contribution in [-0.2, 0) is 24.4 Å². The Morgan fingerprint density at radius 2 is 1.91 bits per heavy atom. The first-order valence-electron chi connectivity index (χ1n) is 11.0. The number of hydrogen-bond acceptors (Lipinski definition) is 8. The highest BCUT2D eigenvalue weighted by Crippen LogP contribution is 2.26. The predicted octanol–water partition coefficient (Wildman–Crippen LogP) is 2.64. The van der Waals surface area contributed by atoms with Crippen LogP contribution in [0.4, 0.5) is 0 Å². The number of furan rings is 1. The first-order valence-corrected chi connectivity index (χ1v) is 11.9. The number of ether oxygens (including phenoxy) is 1. The van der Waals surface area contributed by atoms with Gasteiger partial charge in [0.05, 0.1) is 55.9 Å². The first-order chi connectivity index (χ1) is 16.5. The molecule has 0 N–H and O–H groups in total. The molecule has 3 amide bonds. The molecule has 0 unspecified atom stereocenters. The first kappa shape index (κ1) is 22.5. The highest BCUT2D eigenvalue weighted by atomic mass is 32.1. The molecule has 0 aliphatic carbocycles. The lowest BCUT2D eigenvalue weighted by molar-refractivity contribution is 0.0341. The lowest BCUT2D eigenvalue weighted by atomic mass is 10.0. The van der Waals surface area contributed by atoms with Crippen molar-refractivity contribution in [2.45, 2.75) is 19.6 Å². The molecule has 0 bridgehead atoms. The lowest BCUT2D eigenvalue weighted by Gasteiger charge is -2.25. The van der Waals surface area contributed by atoms with E-state index in [0.717, 1.165) is 48.4 Å². The average Bonchev–Trinajstić information content (AvgIpc) is 3.58. The molecule has 3 aromatic rings. The van der Waals surface area contributed by atoms with Crippen LogP contribution in [0.1, 0.15) is 47.5 Å². The SMILES string of the molecule is CN(Cc1csc(CN2CCOCC2)n1)C(=O)c1ccc2c(c1)C(=O)N(Cc1ccco1)C2=O. The molecule has 2 aliphatic rings. The van der Waals surface area contributed by atoms with E-state index in [1.807, 2.05) is 5.38 Å². The summed E-state index contributed by atoms with van der Waals surface area (Å²) in [7, 11) is 1.70. The second-order valence-corrected chi connectivity index (χ2v) is 9.26. The second-order valence-electron chi connectivity index (χ2n) is 8.32. The zero-order chi connectivity index (χ0) is 23.7. The summed E-state index contributed by atoms with van der Waals surface area (Å²) in [6.45, 7) is 4.46. The average molecular weight is 481 g/mol. The molecule has 0 atom stereocenters. The van der Waals surface area contributed by atoms with Crippen LogP contribution >= 0.6 is 11.3 Å². The third kappa shape index (κ3) is 4.52. The van der Waals surface area contributed by atoms with Crippen molar-refractivity contribution in [3.05, 3.63) is 75.1 Å². The van der Waals surface area contributed by atoms with Gasteiger partial charge in [-0.3, -0.25) is 24.2 Å². The van der Waals surface area contributed by atoms with E-state index in [0.29, 0.717) is 23.4 Å². The van der Waals surface area contributed by atoms with Crippen molar-refractivity contribution in [1.82, 2.24) is 19.7 Å². The minimum atomic E-state index is -0.430. The number of benzene rings is 1. The van der Waals surface area contributed by atoms with Gasteiger partial charge in [0.25, 0.3) is 17.7 Å². The van der Waals surface area contributed by atoms with Gasteiger partial charge in [-0.15, -0.1) is 11.3 Å². The number of morpholine rings is 1. The van der Waals surface area contributed by atoms with Crippen molar-refractivity contribution in [3.63, 3.8) is 0 Å². The van der Waals surface area contributed by atoms with Gasteiger partial charge in [-0.1, -0.05) is 0 Å². The molecule has 2 aromatic heterocycles. The molecular formula is C24H24N4O5S. The van der Waals surface area contributed by atoms with E-state index in [1.54, 1.807) is 47.5 Å². The minimum Gasteiger partial charge on any atom is -0.467 e. The van der Waals surface area contributed by atoms with Crippen LogP contribution in [-0.4, -0.2) is 70.8 Å². The number of amides is 3. The van der Waals surface area contributed by atoms with Crippen molar-refractivity contribution in [3.8, 4) is 0 Å². The standard InChI is InChI=1S/C24H24N4O5S/c1-26(12-17-15-34-21(25-17)14-27-6-9-32-10-7-27)22(29)16-4-5-19-20(11-16)24(31)28(23(19)30)13-18-3-2-8-33-18/h2-5,8,11,15H,6-7,9-10,12-14H2,1H3. The molecule has 9 nitrogen and oxygen atoms in total. The Bertz CT molecular complexity index is 1220. The number of carbonyl (C=O) groups is 3. The Hall–Kier alpha value is -3.34. The number of carbonyl (C=O) groups excluding carboxylic acids is 3. The molecule has 1 aromatic carbocycles. The van der Waals surface area contributed by atoms with Gasteiger partial charge in [0.1, 0.15) is 10.8 Å². The highest BCUT2D eigenvalue weighted by molar-refractivity contribution is 7.09. The number of imide groups is 1. The molecule has 0 radical (unpaired) electrons. The Morgan fingerprint density at radius 3 is 2.68 bits per heavy atom. The smallest absolute Gasteiger partial charge is 0.261 e. The Kier molecular flexibility index (Phi) is 6.27. The van der Waals surface area contributed by atoms with Gasteiger partial charge in [-0.2, -0.15) is 0 Å². The summed E-state index contributed by atoms with van der Waals surface area (Å²) >= 11 is 1.58. The number of thiazole rings is 1. The zero-order valence-corrected chi connectivity index (χ0v) is 19.5. The molecule has 34 heavy (non-hydrogen) atoms. The van der Waals surface area contributed by atoms with E-state index in [4.69, 9.17) is 9.15 Å². The number of fused-ring (bicyclic) bond motifs is 1. The van der Waals surface area contributed by atoms with Gasteiger partial charge in [0, 0.05) is 31.1 Å². The van der Waals surface area contributed by atoms with Crippen LogP contribution in [0.3, 0.4) is 0 Å². The lowest BCUT2D eigenvalue weighted by Crippen LogP contribution is -2.35. The summed E-state index contributed by atoms with van der Waals surface area (Å²) in [5.74, 6) is -0.544. The largest absolute Gasteiger partial charge is 0.467 e. The summed E-state index contributed by atoms with van der Waals surface area (Å²) in [5.41, 5.74) is 1.70. The fourth-order valence-corrected chi connectivity index (χ4v) is 4.93. The normalized spacial score (nSPS) is 16.2. The van der Waals surface area contributed by atoms with Crippen LogP contribution < -0.4 is 0 Å². The number of nitrogens with zero attached hydrogens (tertiary/aromatic N) is 4. The highest BCUT2D eigenvalue weighted by Gasteiger charge is 2.36. The van der Waals surface area contributed by atoms with E-state index < -0.39 is 5.91 Å². The molecule has 0 spiro atoms. The maximum absolute atomic E-state index is 13.1. The third-order valence-electron chi connectivity index (χ3n) is 5.92. The van der Waals surface area contributed by atoms with E-state index in [-0.39, 0.29) is 23.9 Å². The van der Waals surface area contributed by atoms with Gasteiger partial charge < -0.3 is 14.1 Å². The quantitative estimate of drug-likeness (QED) is 0.480. The summed E-state index contributed by atoms with van der Waals surface area (Å²) in [6.07, 6.45) is 1.49. The van der Waals surface area contributed by atoms with Crippen molar-refractivity contribution in [2.75, 3.05) is 33.4 Å². The van der Waals surface area contributed by atoms with Gasteiger partial charge in [0.15, 0.2) is 0 Å². The number of aromatic nitrogens is 1. The molecule has 0 saturated carbocycles. The summed E-state index contributed by atoms with van der Waals surface area (Å²) < 4.78 is 10.6. The maximum Gasteiger partial charge on any atom is 0.261 e. The molecular weight excluding hydrogens is 456 g/mol. The third-order valence-corrected chi connectivity index (χ3v) is 6.80. The molecule has 5 rings (SSSR count). The summed E-state index contributed by atoms with van der Waals surface area (Å²) in [5, 5.41) is 2.98. The molecule has 1 fully saturated rings. The summed E-state index contributed by atoms with van der Waals surface area (Å²) in [6, 6.07) is 8.04. The van der Waals surface area contributed by atoms with E-state index in [1.165, 1.54) is 12.3 Å². The Labute approximate surface area is 200 Å². The van der Waals surface area contributed by atoms with Crippen molar-refractivity contribution < 1.29 is 23.5 Å². The van der Waals surface area contributed by atoms with Crippen molar-refractivity contribution in [1.29, 1.82) is 0 Å². The molecule has 2 aliphatic heterocycles. The molecule has 176 valence electrons. The predicted molar refractivity (Wildman–Crippen MR) is 123 cm³/mol. The molecule has 4 heterocycles. The topological polar surface area (TPSA) is 96.2 Å². The van der Waals surface area contributed by atoms with Crippen LogP contribution in [0.2, 0.25) is 0 Å². The Balaban J connectivity index is 1.24. The second kappa shape index (κ2) is 9.49. The van der Waals surface area contributed by atoms with E-state index >= 15 is 0 Å². The summed E-state index contributed by atoms with van der Waals surface area (Å²) in [4.78, 5) is 48.3. The van der Waals surface area contributed by atoms with E-state index in [9.17, 15) is 14.4 Å². The zero-order valence-electron chi connectivity index (χ0n) is 18.7. The van der Waals surface area contributed by atoms with E-state index in [2.05, 4.69) is 9.88 Å². The Morgan fingerprint density at radius 1 is 1.12 bits per heavy atom. The van der Waals surface area contributed by atoms with Crippen LogP contribution in [0.15, 0.2) is 46.4 Å². The number of hydrogen-bond donors (Lipinski definition) is 0. The van der Waals surface area contributed by atoms with Gasteiger partial charge in [0.2, 0.25) is 0 Å². The van der Waals surface area contributed by atoms with Crippen molar-refractivity contribution >= 4 is 29.1 Å². The maximum atomic E-state index is 13.1. The fourth-order valence-electron chi connectivity index (χ4n) is 4.11. The molecule has 10 heteroatoms. The van der Waals surface area contributed by atoms with Crippen LogP contribution in [0.25, 0.3) is 0 Å². The fraction of sp³-hybridized carbons (Fsp3) is 0.333. The molecule has 1 saturated heterocycles. The monoisotopic (exact) mass is 480 g/mol.